The molecule has 2 aromatic carbocycles. The average Bonchev–Trinajstić information content (AvgIpc) is 3.27. The van der Waals surface area contributed by atoms with Gasteiger partial charge in [-0.2, -0.15) is 0 Å². The standard InChI is InChI=1S/C31H44N2/c1-5-6-7-8-9-10-17-23-33-24-22-32-30(33)29(26(2)3)31(4,28-20-15-12-16-21-28)25-27-18-13-11-14-19-27/h11-16,18-22,24,26,29H,5-10,17,23,25H2,1-4H3. The minimum atomic E-state index is -0.0416. The van der Waals surface area contributed by atoms with Crippen LogP contribution in [-0.2, 0) is 18.4 Å². The number of nitrogens with zero attached hydrogens (tertiary/aromatic N) is 2. The number of hydrogen-bond acceptors (Lipinski definition) is 1. The molecule has 0 saturated heterocycles. The number of unbranched alkanes of at least 4 members (excludes halogenated alkanes) is 6. The fourth-order valence-corrected chi connectivity index (χ4v) is 5.58. The third-order valence-electron chi connectivity index (χ3n) is 7.23. The van der Waals surface area contributed by atoms with Crippen LogP contribution in [0.15, 0.2) is 73.1 Å². The molecule has 1 aromatic heterocycles. The molecule has 2 unspecified atom stereocenters. The summed E-state index contributed by atoms with van der Waals surface area (Å²) in [4.78, 5) is 4.97. The van der Waals surface area contributed by atoms with Crippen LogP contribution in [0.4, 0.5) is 0 Å². The van der Waals surface area contributed by atoms with E-state index in [-0.39, 0.29) is 5.41 Å². The molecule has 2 atom stereocenters. The Morgan fingerprint density at radius 1 is 0.818 bits per heavy atom. The van der Waals surface area contributed by atoms with Crippen molar-refractivity contribution < 1.29 is 0 Å². The SMILES string of the molecule is CCCCCCCCCn1ccnc1C(C(C)C)C(C)(Cc1ccccc1)c1ccccc1. The Kier molecular flexibility index (Phi) is 9.78. The van der Waals surface area contributed by atoms with Crippen molar-refractivity contribution in [1.29, 1.82) is 0 Å². The van der Waals surface area contributed by atoms with Gasteiger partial charge in [-0.25, -0.2) is 4.98 Å². The first-order chi connectivity index (χ1) is 16.1. The van der Waals surface area contributed by atoms with Crippen LogP contribution >= 0.6 is 0 Å². The molecular formula is C31H44N2. The van der Waals surface area contributed by atoms with Gasteiger partial charge >= 0.3 is 0 Å². The van der Waals surface area contributed by atoms with Crippen LogP contribution in [0.2, 0.25) is 0 Å². The highest BCUT2D eigenvalue weighted by molar-refractivity contribution is 5.33. The quantitative estimate of drug-likeness (QED) is 0.228. The van der Waals surface area contributed by atoms with Gasteiger partial charge in [-0.05, 0) is 29.9 Å². The topological polar surface area (TPSA) is 17.8 Å². The summed E-state index contributed by atoms with van der Waals surface area (Å²) in [5.41, 5.74) is 2.75. The van der Waals surface area contributed by atoms with E-state index in [0.717, 1.165) is 13.0 Å². The Hall–Kier alpha value is -2.35. The molecule has 2 heteroatoms. The molecule has 0 amide bonds. The van der Waals surface area contributed by atoms with E-state index in [4.69, 9.17) is 4.98 Å². The van der Waals surface area contributed by atoms with Gasteiger partial charge in [-0.1, -0.05) is 127 Å². The van der Waals surface area contributed by atoms with Crippen molar-refractivity contribution >= 4 is 0 Å². The monoisotopic (exact) mass is 444 g/mol. The number of rotatable bonds is 14. The number of benzene rings is 2. The third kappa shape index (κ3) is 6.82. The first-order valence-corrected chi connectivity index (χ1v) is 13.2. The van der Waals surface area contributed by atoms with Gasteiger partial charge in [0.15, 0.2) is 0 Å². The maximum Gasteiger partial charge on any atom is 0.112 e. The lowest BCUT2D eigenvalue weighted by Crippen LogP contribution is -2.37. The normalized spacial score (nSPS) is 14.3. The number of imidazole rings is 1. The zero-order chi connectivity index (χ0) is 23.5. The van der Waals surface area contributed by atoms with Crippen molar-refractivity contribution in [3.8, 4) is 0 Å². The Morgan fingerprint density at radius 2 is 1.42 bits per heavy atom. The Balaban J connectivity index is 1.84. The molecule has 0 N–H and O–H groups in total. The van der Waals surface area contributed by atoms with Gasteiger partial charge in [-0.3, -0.25) is 0 Å². The number of aromatic nitrogens is 2. The molecular weight excluding hydrogens is 400 g/mol. The fourth-order valence-electron chi connectivity index (χ4n) is 5.58. The smallest absolute Gasteiger partial charge is 0.112 e. The van der Waals surface area contributed by atoms with Crippen LogP contribution in [0.1, 0.15) is 95.5 Å². The second kappa shape index (κ2) is 12.8. The largest absolute Gasteiger partial charge is 0.335 e. The first kappa shape index (κ1) is 25.3. The van der Waals surface area contributed by atoms with Crippen LogP contribution in [0.25, 0.3) is 0 Å². The summed E-state index contributed by atoms with van der Waals surface area (Å²) in [6.45, 7) is 10.5. The van der Waals surface area contributed by atoms with Crippen LogP contribution in [0, 0.1) is 5.92 Å². The molecule has 2 nitrogen and oxygen atoms in total. The fraction of sp³-hybridized carbons (Fsp3) is 0.516. The van der Waals surface area contributed by atoms with E-state index in [0.29, 0.717) is 11.8 Å². The van der Waals surface area contributed by atoms with E-state index in [1.54, 1.807) is 0 Å². The van der Waals surface area contributed by atoms with Gasteiger partial charge in [0.25, 0.3) is 0 Å². The van der Waals surface area contributed by atoms with Crippen LogP contribution in [-0.4, -0.2) is 9.55 Å². The van der Waals surface area contributed by atoms with Crippen molar-refractivity contribution in [3.05, 3.63) is 90.0 Å². The molecule has 0 aliphatic carbocycles. The molecule has 3 aromatic rings. The minimum absolute atomic E-state index is 0.0416. The van der Waals surface area contributed by atoms with E-state index in [1.807, 2.05) is 6.20 Å². The molecule has 0 saturated carbocycles. The van der Waals surface area contributed by atoms with Crippen molar-refractivity contribution in [3.63, 3.8) is 0 Å². The van der Waals surface area contributed by atoms with Crippen molar-refractivity contribution in [2.24, 2.45) is 5.92 Å². The summed E-state index contributed by atoms with van der Waals surface area (Å²) in [6.07, 6.45) is 14.6. The molecule has 0 aliphatic heterocycles. The maximum atomic E-state index is 4.97. The Morgan fingerprint density at radius 3 is 2.06 bits per heavy atom. The predicted octanol–water partition coefficient (Wildman–Crippen LogP) is 8.57. The molecule has 3 rings (SSSR count). The van der Waals surface area contributed by atoms with E-state index < -0.39 is 0 Å². The molecule has 0 spiro atoms. The molecule has 0 radical (unpaired) electrons. The first-order valence-electron chi connectivity index (χ1n) is 13.2. The summed E-state index contributed by atoms with van der Waals surface area (Å²) >= 11 is 0. The van der Waals surface area contributed by atoms with Crippen LogP contribution in [0.3, 0.4) is 0 Å². The van der Waals surface area contributed by atoms with Gasteiger partial charge in [0.2, 0.25) is 0 Å². The van der Waals surface area contributed by atoms with E-state index in [2.05, 4.69) is 99.1 Å². The van der Waals surface area contributed by atoms with E-state index >= 15 is 0 Å². The van der Waals surface area contributed by atoms with Gasteiger partial charge in [-0.15, -0.1) is 0 Å². The lowest BCUT2D eigenvalue weighted by atomic mass is 9.64. The maximum absolute atomic E-state index is 4.97. The lowest BCUT2D eigenvalue weighted by molar-refractivity contribution is 0.281. The number of hydrogen-bond donors (Lipinski definition) is 0. The highest BCUT2D eigenvalue weighted by Crippen LogP contribution is 2.45. The molecule has 1 heterocycles. The highest BCUT2D eigenvalue weighted by atomic mass is 15.1. The predicted molar refractivity (Wildman–Crippen MR) is 142 cm³/mol. The van der Waals surface area contributed by atoms with Gasteiger partial charge in [0.1, 0.15) is 5.82 Å². The summed E-state index contributed by atoms with van der Waals surface area (Å²) in [7, 11) is 0. The molecule has 0 bridgehead atoms. The second-order valence-corrected chi connectivity index (χ2v) is 10.3. The van der Waals surface area contributed by atoms with Gasteiger partial charge in [0.05, 0.1) is 0 Å². The molecule has 178 valence electrons. The third-order valence-corrected chi connectivity index (χ3v) is 7.23. The zero-order valence-electron chi connectivity index (χ0n) is 21.3. The van der Waals surface area contributed by atoms with Crippen molar-refractivity contribution in [1.82, 2.24) is 9.55 Å². The van der Waals surface area contributed by atoms with Crippen LogP contribution in [0.5, 0.6) is 0 Å². The number of aryl methyl sites for hydroxylation is 1. The molecule has 0 fully saturated rings. The molecule has 33 heavy (non-hydrogen) atoms. The van der Waals surface area contributed by atoms with Crippen molar-refractivity contribution in [2.45, 2.75) is 96.9 Å². The van der Waals surface area contributed by atoms with Crippen LogP contribution < -0.4 is 0 Å². The van der Waals surface area contributed by atoms with Gasteiger partial charge < -0.3 is 4.57 Å². The van der Waals surface area contributed by atoms with E-state index in [1.165, 1.54) is 61.9 Å². The summed E-state index contributed by atoms with van der Waals surface area (Å²) in [5.74, 6) is 2.06. The molecule has 0 aliphatic rings. The lowest BCUT2D eigenvalue weighted by Gasteiger charge is -2.41. The van der Waals surface area contributed by atoms with Crippen molar-refractivity contribution in [2.75, 3.05) is 0 Å². The van der Waals surface area contributed by atoms with E-state index in [9.17, 15) is 0 Å². The zero-order valence-corrected chi connectivity index (χ0v) is 21.3. The Labute approximate surface area is 202 Å². The minimum Gasteiger partial charge on any atom is -0.335 e. The second-order valence-electron chi connectivity index (χ2n) is 10.3. The summed E-state index contributed by atoms with van der Waals surface area (Å²) in [6, 6.07) is 22.1. The van der Waals surface area contributed by atoms with Gasteiger partial charge in [0, 0.05) is 30.3 Å². The Bertz CT molecular complexity index is 912. The average molecular weight is 445 g/mol. The highest BCUT2D eigenvalue weighted by Gasteiger charge is 2.41. The summed E-state index contributed by atoms with van der Waals surface area (Å²) in [5, 5.41) is 0. The summed E-state index contributed by atoms with van der Waals surface area (Å²) < 4.78 is 2.45.